The van der Waals surface area contributed by atoms with Gasteiger partial charge in [-0.05, 0) is 37.0 Å². The molecule has 0 bridgehead atoms. The molecule has 0 aliphatic heterocycles. The fourth-order valence-corrected chi connectivity index (χ4v) is 4.44. The Labute approximate surface area is 139 Å². The molecule has 3 aromatic rings. The molecule has 0 spiro atoms. The lowest BCUT2D eigenvalue weighted by atomic mass is 10.2. The minimum Gasteiger partial charge on any atom is -0.495 e. The molecule has 118 valence electrons. The van der Waals surface area contributed by atoms with Gasteiger partial charge in [0.25, 0.3) is 0 Å². The zero-order chi connectivity index (χ0) is 15.8. The Balaban J connectivity index is 1.88. The van der Waals surface area contributed by atoms with Crippen LogP contribution in [0.4, 0.5) is 11.5 Å². The molecule has 23 heavy (non-hydrogen) atoms. The summed E-state index contributed by atoms with van der Waals surface area (Å²) in [4.78, 5) is 12.1. The minimum absolute atomic E-state index is 0.823. The Kier molecular flexibility index (Phi) is 3.65. The maximum absolute atomic E-state index is 5.46. The van der Waals surface area contributed by atoms with Crippen molar-refractivity contribution in [3.63, 3.8) is 0 Å². The Morgan fingerprint density at radius 1 is 1.22 bits per heavy atom. The number of aryl methyl sites for hydroxylation is 3. The number of anilines is 2. The van der Waals surface area contributed by atoms with E-state index in [2.05, 4.69) is 12.2 Å². The van der Waals surface area contributed by atoms with Gasteiger partial charge in [-0.25, -0.2) is 9.97 Å². The van der Waals surface area contributed by atoms with E-state index in [0.717, 1.165) is 40.8 Å². The average Bonchev–Trinajstić information content (AvgIpc) is 3.15. The van der Waals surface area contributed by atoms with Crippen LogP contribution in [0.1, 0.15) is 29.6 Å². The lowest BCUT2D eigenvalue weighted by Gasteiger charge is -2.12. The smallest absolute Gasteiger partial charge is 0.143 e. The molecule has 4 nitrogen and oxygen atoms in total. The molecule has 1 N–H and O–H groups in total. The lowest BCUT2D eigenvalue weighted by Crippen LogP contribution is -2.02. The van der Waals surface area contributed by atoms with E-state index in [1.165, 1.54) is 28.7 Å². The summed E-state index contributed by atoms with van der Waals surface area (Å²) >= 11 is 1.83. The summed E-state index contributed by atoms with van der Waals surface area (Å²) in [6, 6.07) is 7.95. The van der Waals surface area contributed by atoms with Gasteiger partial charge in [-0.2, -0.15) is 0 Å². The molecule has 1 aliphatic carbocycles. The summed E-state index contributed by atoms with van der Waals surface area (Å²) in [5.74, 6) is 2.62. The fraction of sp³-hybridized carbons (Fsp3) is 0.333. The monoisotopic (exact) mass is 325 g/mol. The van der Waals surface area contributed by atoms with Crippen LogP contribution < -0.4 is 10.1 Å². The maximum atomic E-state index is 5.46. The van der Waals surface area contributed by atoms with Gasteiger partial charge >= 0.3 is 0 Å². The molecule has 1 aromatic carbocycles. The first-order valence-electron chi connectivity index (χ1n) is 8.01. The van der Waals surface area contributed by atoms with Gasteiger partial charge in [0.2, 0.25) is 0 Å². The Bertz CT molecular complexity index is 872. The van der Waals surface area contributed by atoms with E-state index >= 15 is 0 Å². The van der Waals surface area contributed by atoms with Gasteiger partial charge in [0.1, 0.15) is 22.2 Å². The summed E-state index contributed by atoms with van der Waals surface area (Å²) in [5.41, 5.74) is 2.38. The van der Waals surface area contributed by atoms with Crippen molar-refractivity contribution in [2.45, 2.75) is 32.6 Å². The number of hydrogen-bond donors (Lipinski definition) is 1. The first-order chi connectivity index (χ1) is 11.3. The quantitative estimate of drug-likeness (QED) is 0.767. The highest BCUT2D eigenvalue weighted by molar-refractivity contribution is 7.19. The fourth-order valence-electron chi connectivity index (χ4n) is 3.16. The zero-order valence-corrected chi connectivity index (χ0v) is 14.2. The van der Waals surface area contributed by atoms with Crippen molar-refractivity contribution in [3.05, 3.63) is 40.5 Å². The van der Waals surface area contributed by atoms with Crippen molar-refractivity contribution in [2.24, 2.45) is 0 Å². The Morgan fingerprint density at radius 3 is 2.91 bits per heavy atom. The van der Waals surface area contributed by atoms with E-state index in [0.29, 0.717) is 0 Å². The average molecular weight is 325 g/mol. The molecule has 2 heterocycles. The van der Waals surface area contributed by atoms with Gasteiger partial charge in [0.15, 0.2) is 0 Å². The van der Waals surface area contributed by atoms with Crippen molar-refractivity contribution in [2.75, 3.05) is 12.4 Å². The van der Waals surface area contributed by atoms with Crippen LogP contribution in [-0.2, 0) is 19.3 Å². The van der Waals surface area contributed by atoms with Crippen molar-refractivity contribution in [3.8, 4) is 5.75 Å². The van der Waals surface area contributed by atoms with Crippen LogP contribution in [0.2, 0.25) is 0 Å². The SMILES string of the molecule is CCc1nc(Nc2ccccc2OC)c2c3c(sc2n1)CCC3. The lowest BCUT2D eigenvalue weighted by molar-refractivity contribution is 0.417. The van der Waals surface area contributed by atoms with Crippen molar-refractivity contribution in [1.82, 2.24) is 9.97 Å². The first kappa shape index (κ1) is 14.5. The number of nitrogens with zero attached hydrogens (tertiary/aromatic N) is 2. The molecular weight excluding hydrogens is 306 g/mol. The van der Waals surface area contributed by atoms with Gasteiger partial charge in [0.05, 0.1) is 18.2 Å². The zero-order valence-electron chi connectivity index (χ0n) is 13.3. The highest BCUT2D eigenvalue weighted by Gasteiger charge is 2.22. The standard InChI is InChI=1S/C18H19N3OS/c1-3-15-20-17(19-12-8-4-5-9-13(12)22-2)16-11-7-6-10-14(11)23-18(16)21-15/h4-5,8-9H,3,6-7,10H2,1-2H3,(H,19,20,21). The molecule has 0 amide bonds. The molecule has 5 heteroatoms. The van der Waals surface area contributed by atoms with Gasteiger partial charge in [-0.3, -0.25) is 0 Å². The number of benzene rings is 1. The third kappa shape index (κ3) is 2.45. The molecule has 0 saturated carbocycles. The molecule has 0 atom stereocenters. The topological polar surface area (TPSA) is 47.0 Å². The number of fused-ring (bicyclic) bond motifs is 3. The third-order valence-electron chi connectivity index (χ3n) is 4.29. The molecule has 0 fully saturated rings. The van der Waals surface area contributed by atoms with E-state index in [4.69, 9.17) is 14.7 Å². The second-order valence-electron chi connectivity index (χ2n) is 5.70. The maximum Gasteiger partial charge on any atom is 0.143 e. The second-order valence-corrected chi connectivity index (χ2v) is 6.79. The largest absolute Gasteiger partial charge is 0.495 e. The first-order valence-corrected chi connectivity index (χ1v) is 8.83. The van der Waals surface area contributed by atoms with Crippen LogP contribution in [0.25, 0.3) is 10.2 Å². The van der Waals surface area contributed by atoms with Crippen LogP contribution in [0, 0.1) is 0 Å². The van der Waals surface area contributed by atoms with Crippen molar-refractivity contribution >= 4 is 33.1 Å². The Morgan fingerprint density at radius 2 is 2.09 bits per heavy atom. The van der Waals surface area contributed by atoms with Crippen LogP contribution in [-0.4, -0.2) is 17.1 Å². The van der Waals surface area contributed by atoms with Crippen molar-refractivity contribution in [1.29, 1.82) is 0 Å². The predicted molar refractivity (Wildman–Crippen MR) is 95.1 cm³/mol. The summed E-state index contributed by atoms with van der Waals surface area (Å²) in [5, 5.41) is 4.69. The molecular formula is C18H19N3OS. The van der Waals surface area contributed by atoms with Crippen molar-refractivity contribution < 1.29 is 4.74 Å². The van der Waals surface area contributed by atoms with Gasteiger partial charge < -0.3 is 10.1 Å². The van der Waals surface area contributed by atoms with Crippen LogP contribution in [0.15, 0.2) is 24.3 Å². The van der Waals surface area contributed by atoms with E-state index in [-0.39, 0.29) is 0 Å². The number of aromatic nitrogens is 2. The number of nitrogens with one attached hydrogen (secondary N) is 1. The van der Waals surface area contributed by atoms with Crippen LogP contribution in [0.3, 0.4) is 0 Å². The minimum atomic E-state index is 0.823. The van der Waals surface area contributed by atoms with E-state index < -0.39 is 0 Å². The van der Waals surface area contributed by atoms with Gasteiger partial charge in [0, 0.05) is 11.3 Å². The molecule has 0 radical (unpaired) electrons. The number of ether oxygens (including phenoxy) is 1. The predicted octanol–water partition coefficient (Wildman–Crippen LogP) is 4.49. The summed E-state index contributed by atoms with van der Waals surface area (Å²) in [6.45, 7) is 2.09. The Hall–Kier alpha value is -2.14. The number of hydrogen-bond acceptors (Lipinski definition) is 5. The van der Waals surface area contributed by atoms with Crippen LogP contribution >= 0.6 is 11.3 Å². The number of rotatable bonds is 4. The molecule has 0 saturated heterocycles. The number of para-hydroxylation sites is 2. The van der Waals surface area contributed by atoms with Gasteiger partial charge in [-0.1, -0.05) is 19.1 Å². The third-order valence-corrected chi connectivity index (χ3v) is 5.47. The highest BCUT2D eigenvalue weighted by atomic mass is 32.1. The molecule has 2 aromatic heterocycles. The van der Waals surface area contributed by atoms with E-state index in [9.17, 15) is 0 Å². The van der Waals surface area contributed by atoms with Gasteiger partial charge in [-0.15, -0.1) is 11.3 Å². The molecule has 4 rings (SSSR count). The number of methoxy groups -OCH3 is 1. The van der Waals surface area contributed by atoms with Crippen LogP contribution in [0.5, 0.6) is 5.75 Å². The summed E-state index contributed by atoms with van der Waals surface area (Å²) in [6.07, 6.45) is 4.37. The molecule has 0 unspecified atom stereocenters. The second kappa shape index (κ2) is 5.81. The summed E-state index contributed by atoms with van der Waals surface area (Å²) < 4.78 is 5.46. The van der Waals surface area contributed by atoms with E-state index in [1.54, 1.807) is 7.11 Å². The summed E-state index contributed by atoms with van der Waals surface area (Å²) in [7, 11) is 1.69. The normalized spacial score (nSPS) is 13.3. The number of thiophene rings is 1. The highest BCUT2D eigenvalue weighted by Crippen LogP contribution is 2.41. The van der Waals surface area contributed by atoms with E-state index in [1.807, 2.05) is 35.6 Å². The molecule has 1 aliphatic rings.